The molecule has 1 rings (SSSR count). The molecule has 0 spiro atoms. The fraction of sp³-hybridized carbons (Fsp3) is 0.500. The molecule has 90 valence electrons. The van der Waals surface area contributed by atoms with Crippen LogP contribution in [0.5, 0.6) is 0 Å². The van der Waals surface area contributed by atoms with Crippen molar-refractivity contribution in [3.63, 3.8) is 0 Å². The van der Waals surface area contributed by atoms with Crippen molar-refractivity contribution in [3.05, 3.63) is 35.4 Å². The summed E-state index contributed by atoms with van der Waals surface area (Å²) in [6.07, 6.45) is -7.21. The first kappa shape index (κ1) is 13.0. The predicted octanol–water partition coefficient (Wildman–Crippen LogP) is 3.28. The maximum absolute atomic E-state index is 12.1. The van der Waals surface area contributed by atoms with Gasteiger partial charge in [-0.2, -0.15) is 13.2 Å². The van der Waals surface area contributed by atoms with E-state index in [0.29, 0.717) is 11.5 Å². The van der Waals surface area contributed by atoms with Crippen LogP contribution in [0.2, 0.25) is 0 Å². The van der Waals surface area contributed by atoms with Crippen LogP contribution in [0.25, 0.3) is 0 Å². The van der Waals surface area contributed by atoms with E-state index in [2.05, 4.69) is 0 Å². The van der Waals surface area contributed by atoms with E-state index >= 15 is 0 Å². The summed E-state index contributed by atoms with van der Waals surface area (Å²) in [5.41, 5.74) is 1.57. The lowest BCUT2D eigenvalue weighted by molar-refractivity contribution is -0.203. The monoisotopic (exact) mass is 232 g/mol. The number of aliphatic hydroxyl groups excluding tert-OH is 1. The largest absolute Gasteiger partial charge is 0.414 e. The minimum absolute atomic E-state index is 0.349. The molecule has 0 bridgehead atoms. The molecule has 1 aromatic carbocycles. The quantitative estimate of drug-likeness (QED) is 0.848. The molecule has 1 aromatic rings. The topological polar surface area (TPSA) is 20.2 Å². The van der Waals surface area contributed by atoms with Crippen molar-refractivity contribution in [2.45, 2.75) is 38.5 Å². The fourth-order valence-corrected chi connectivity index (χ4v) is 1.38. The molecular weight excluding hydrogens is 217 g/mol. The molecule has 4 heteroatoms. The second-order valence-corrected chi connectivity index (χ2v) is 4.16. The van der Waals surface area contributed by atoms with Crippen molar-refractivity contribution >= 4 is 0 Å². The summed E-state index contributed by atoms with van der Waals surface area (Å²) in [6, 6.07) is 6.85. The van der Waals surface area contributed by atoms with Crippen LogP contribution >= 0.6 is 0 Å². The van der Waals surface area contributed by atoms with Crippen molar-refractivity contribution < 1.29 is 18.3 Å². The zero-order valence-corrected chi connectivity index (χ0v) is 9.25. The summed E-state index contributed by atoms with van der Waals surface area (Å²) in [5, 5.41) is 8.89. The average Bonchev–Trinajstić information content (AvgIpc) is 2.17. The van der Waals surface area contributed by atoms with Crippen molar-refractivity contribution in [2.24, 2.45) is 0 Å². The number of alkyl halides is 3. The molecule has 0 saturated carbocycles. The minimum Gasteiger partial charge on any atom is -0.383 e. The van der Waals surface area contributed by atoms with Gasteiger partial charge in [0, 0.05) is 6.42 Å². The molecular formula is C12H15F3O. The Kier molecular flexibility index (Phi) is 3.97. The van der Waals surface area contributed by atoms with Crippen molar-refractivity contribution in [1.29, 1.82) is 0 Å². The number of halogens is 3. The second kappa shape index (κ2) is 4.87. The molecule has 0 aromatic heterocycles. The molecule has 0 unspecified atom stereocenters. The van der Waals surface area contributed by atoms with Crippen LogP contribution in [-0.4, -0.2) is 17.4 Å². The van der Waals surface area contributed by atoms with Gasteiger partial charge >= 0.3 is 6.18 Å². The molecule has 0 saturated heterocycles. The maximum atomic E-state index is 12.1. The van der Waals surface area contributed by atoms with Gasteiger partial charge in [-0.1, -0.05) is 38.1 Å². The molecule has 16 heavy (non-hydrogen) atoms. The normalized spacial score (nSPS) is 14.2. The van der Waals surface area contributed by atoms with Crippen LogP contribution in [0.1, 0.15) is 30.9 Å². The Morgan fingerprint density at radius 3 is 2.00 bits per heavy atom. The third-order valence-corrected chi connectivity index (χ3v) is 2.45. The number of benzene rings is 1. The summed E-state index contributed by atoms with van der Waals surface area (Å²) < 4.78 is 36.3. The predicted molar refractivity (Wildman–Crippen MR) is 56.3 cm³/mol. The first-order valence-electron chi connectivity index (χ1n) is 5.14. The molecule has 0 aliphatic rings. The highest BCUT2D eigenvalue weighted by Crippen LogP contribution is 2.23. The molecule has 1 N–H and O–H groups in total. The van der Waals surface area contributed by atoms with Gasteiger partial charge in [0.15, 0.2) is 6.10 Å². The molecule has 0 aliphatic heterocycles. The van der Waals surface area contributed by atoms with Gasteiger partial charge in [-0.15, -0.1) is 0 Å². The van der Waals surface area contributed by atoms with Crippen LogP contribution in [-0.2, 0) is 6.42 Å². The minimum atomic E-state index is -4.54. The molecule has 0 radical (unpaired) electrons. The van der Waals surface area contributed by atoms with E-state index in [-0.39, 0.29) is 6.42 Å². The number of rotatable bonds is 3. The van der Waals surface area contributed by atoms with E-state index in [1.54, 1.807) is 24.3 Å². The standard InChI is InChI=1S/C12H15F3O/c1-8(2)10-5-3-9(4-6-10)7-11(16)12(13,14)15/h3-6,8,11,16H,7H2,1-2H3/t11-/m0/s1. The van der Waals surface area contributed by atoms with Crippen molar-refractivity contribution in [1.82, 2.24) is 0 Å². The van der Waals surface area contributed by atoms with Gasteiger partial charge < -0.3 is 5.11 Å². The Balaban J connectivity index is 2.69. The Hall–Kier alpha value is -1.03. The molecule has 1 nitrogen and oxygen atoms in total. The summed E-state index contributed by atoms with van der Waals surface area (Å²) in [7, 11) is 0. The summed E-state index contributed by atoms with van der Waals surface area (Å²) in [4.78, 5) is 0. The average molecular weight is 232 g/mol. The van der Waals surface area contributed by atoms with Gasteiger partial charge in [0.05, 0.1) is 0 Å². The summed E-state index contributed by atoms with van der Waals surface area (Å²) in [5.74, 6) is 0.349. The van der Waals surface area contributed by atoms with E-state index in [1.807, 2.05) is 13.8 Å². The van der Waals surface area contributed by atoms with Crippen LogP contribution in [0, 0.1) is 0 Å². The van der Waals surface area contributed by atoms with Crippen LogP contribution in [0.15, 0.2) is 24.3 Å². The first-order chi connectivity index (χ1) is 7.30. The second-order valence-electron chi connectivity index (χ2n) is 4.16. The van der Waals surface area contributed by atoms with Gasteiger partial charge in [-0.3, -0.25) is 0 Å². The van der Waals surface area contributed by atoms with E-state index in [1.165, 1.54) is 0 Å². The third-order valence-electron chi connectivity index (χ3n) is 2.45. The first-order valence-corrected chi connectivity index (χ1v) is 5.14. The van der Waals surface area contributed by atoms with Gasteiger partial charge in [0.2, 0.25) is 0 Å². The number of aliphatic hydroxyl groups is 1. The number of hydrogen-bond acceptors (Lipinski definition) is 1. The number of hydrogen-bond donors (Lipinski definition) is 1. The molecule has 0 heterocycles. The smallest absolute Gasteiger partial charge is 0.383 e. The molecule has 0 aliphatic carbocycles. The van der Waals surface area contributed by atoms with E-state index in [4.69, 9.17) is 5.11 Å². The maximum Gasteiger partial charge on any atom is 0.414 e. The highest BCUT2D eigenvalue weighted by Gasteiger charge is 2.37. The lowest BCUT2D eigenvalue weighted by Crippen LogP contribution is -2.30. The molecule has 0 amide bonds. The van der Waals surface area contributed by atoms with Crippen molar-refractivity contribution in [3.8, 4) is 0 Å². The Morgan fingerprint density at radius 2 is 1.62 bits per heavy atom. The lowest BCUT2D eigenvalue weighted by Gasteiger charge is -2.14. The third kappa shape index (κ3) is 3.52. The van der Waals surface area contributed by atoms with E-state index in [0.717, 1.165) is 5.56 Å². The van der Waals surface area contributed by atoms with Crippen LogP contribution < -0.4 is 0 Å². The fourth-order valence-electron chi connectivity index (χ4n) is 1.38. The Labute approximate surface area is 92.9 Å². The van der Waals surface area contributed by atoms with Gasteiger partial charge in [0.25, 0.3) is 0 Å². The zero-order valence-electron chi connectivity index (χ0n) is 9.25. The Bertz CT molecular complexity index is 327. The Morgan fingerprint density at radius 1 is 1.12 bits per heavy atom. The summed E-state index contributed by atoms with van der Waals surface area (Å²) >= 11 is 0. The van der Waals surface area contributed by atoms with Crippen LogP contribution in [0.4, 0.5) is 13.2 Å². The molecule has 0 fully saturated rings. The van der Waals surface area contributed by atoms with Crippen LogP contribution in [0.3, 0.4) is 0 Å². The SMILES string of the molecule is CC(C)c1ccc(C[C@H](O)C(F)(F)F)cc1. The zero-order chi connectivity index (χ0) is 12.3. The highest BCUT2D eigenvalue weighted by atomic mass is 19.4. The van der Waals surface area contributed by atoms with Gasteiger partial charge in [0.1, 0.15) is 0 Å². The lowest BCUT2D eigenvalue weighted by atomic mass is 10.00. The van der Waals surface area contributed by atoms with E-state index < -0.39 is 12.3 Å². The highest BCUT2D eigenvalue weighted by molar-refractivity contribution is 5.25. The van der Waals surface area contributed by atoms with Gasteiger partial charge in [-0.25, -0.2) is 0 Å². The van der Waals surface area contributed by atoms with Crippen molar-refractivity contribution in [2.75, 3.05) is 0 Å². The molecule has 1 atom stereocenters. The van der Waals surface area contributed by atoms with E-state index in [9.17, 15) is 13.2 Å². The van der Waals surface area contributed by atoms with Gasteiger partial charge in [-0.05, 0) is 17.0 Å². The summed E-state index contributed by atoms with van der Waals surface area (Å²) in [6.45, 7) is 4.03.